The molecule has 2 aromatic carbocycles. The highest BCUT2D eigenvalue weighted by Crippen LogP contribution is 2.21. The number of nitrogens with zero attached hydrogens (tertiary/aromatic N) is 1. The summed E-state index contributed by atoms with van der Waals surface area (Å²) in [6, 6.07) is 12.4. The van der Waals surface area contributed by atoms with Crippen LogP contribution in [0, 0.1) is 12.7 Å². The average molecular weight is 296 g/mol. The van der Waals surface area contributed by atoms with Gasteiger partial charge in [-0.1, -0.05) is 24.3 Å². The zero-order valence-corrected chi connectivity index (χ0v) is 11.8. The molecular weight excluding hydrogens is 283 g/mol. The maximum absolute atomic E-state index is 13.5. The normalized spacial score (nSPS) is 10.8. The summed E-state index contributed by atoms with van der Waals surface area (Å²) in [5.74, 6) is -1.09. The van der Waals surface area contributed by atoms with Crippen molar-refractivity contribution in [2.24, 2.45) is 5.73 Å². The summed E-state index contributed by atoms with van der Waals surface area (Å²) in [5.41, 5.74) is 6.17. The van der Waals surface area contributed by atoms with Crippen molar-refractivity contribution >= 4 is 16.7 Å². The number of aromatic nitrogens is 1. The van der Waals surface area contributed by atoms with Gasteiger partial charge in [0.1, 0.15) is 5.82 Å². The van der Waals surface area contributed by atoms with E-state index in [0.717, 1.165) is 0 Å². The third-order valence-electron chi connectivity index (χ3n) is 3.64. The van der Waals surface area contributed by atoms with Crippen LogP contribution in [-0.4, -0.2) is 10.5 Å². The fourth-order valence-corrected chi connectivity index (χ4v) is 2.70. The SMILES string of the molecule is Cc1c(C(N)=O)c2ccccc2c(=O)n1-c1cccc(F)c1. The number of carbonyl (C=O) groups is 1. The van der Waals surface area contributed by atoms with E-state index >= 15 is 0 Å². The second kappa shape index (κ2) is 5.11. The number of amides is 1. The number of halogens is 1. The van der Waals surface area contributed by atoms with Gasteiger partial charge in [0.25, 0.3) is 11.5 Å². The molecule has 0 spiro atoms. The molecule has 1 heterocycles. The van der Waals surface area contributed by atoms with Crippen LogP contribution in [0.25, 0.3) is 16.5 Å². The first-order chi connectivity index (χ1) is 10.5. The number of fused-ring (bicyclic) bond motifs is 1. The molecule has 0 unspecified atom stereocenters. The molecule has 3 rings (SSSR count). The number of hydrogen-bond acceptors (Lipinski definition) is 2. The summed E-state index contributed by atoms with van der Waals surface area (Å²) in [4.78, 5) is 24.6. The largest absolute Gasteiger partial charge is 0.366 e. The van der Waals surface area contributed by atoms with Crippen LogP contribution in [-0.2, 0) is 0 Å². The van der Waals surface area contributed by atoms with E-state index in [1.165, 1.54) is 22.8 Å². The number of hydrogen-bond donors (Lipinski definition) is 1. The van der Waals surface area contributed by atoms with Crippen molar-refractivity contribution in [1.29, 1.82) is 0 Å². The zero-order chi connectivity index (χ0) is 15.9. The van der Waals surface area contributed by atoms with Crippen LogP contribution in [0.5, 0.6) is 0 Å². The molecule has 0 fully saturated rings. The smallest absolute Gasteiger partial charge is 0.263 e. The summed E-state index contributed by atoms with van der Waals surface area (Å²) in [7, 11) is 0. The van der Waals surface area contributed by atoms with Gasteiger partial charge in [-0.15, -0.1) is 0 Å². The molecule has 0 saturated carbocycles. The van der Waals surface area contributed by atoms with Gasteiger partial charge in [-0.25, -0.2) is 4.39 Å². The zero-order valence-electron chi connectivity index (χ0n) is 11.8. The lowest BCUT2D eigenvalue weighted by Crippen LogP contribution is -2.26. The third-order valence-corrected chi connectivity index (χ3v) is 3.64. The van der Waals surface area contributed by atoms with Crippen LogP contribution in [0.15, 0.2) is 53.3 Å². The monoisotopic (exact) mass is 296 g/mol. The lowest BCUT2D eigenvalue weighted by Gasteiger charge is -2.15. The molecule has 5 heteroatoms. The van der Waals surface area contributed by atoms with Crippen LogP contribution in [0.2, 0.25) is 0 Å². The molecule has 1 amide bonds. The summed E-state index contributed by atoms with van der Waals surface area (Å²) >= 11 is 0. The van der Waals surface area contributed by atoms with Crippen molar-refractivity contribution in [3.63, 3.8) is 0 Å². The number of primary amides is 1. The van der Waals surface area contributed by atoms with E-state index in [1.807, 2.05) is 0 Å². The van der Waals surface area contributed by atoms with Crippen molar-refractivity contribution in [2.75, 3.05) is 0 Å². The number of nitrogens with two attached hydrogens (primary N) is 1. The lowest BCUT2D eigenvalue weighted by molar-refractivity contribution is 0.100. The van der Waals surface area contributed by atoms with Crippen molar-refractivity contribution in [2.45, 2.75) is 6.92 Å². The minimum absolute atomic E-state index is 0.263. The van der Waals surface area contributed by atoms with Crippen molar-refractivity contribution in [3.8, 4) is 5.69 Å². The predicted octanol–water partition coefficient (Wildman–Crippen LogP) is 2.54. The summed E-state index contributed by atoms with van der Waals surface area (Å²) < 4.78 is 14.8. The van der Waals surface area contributed by atoms with Gasteiger partial charge < -0.3 is 5.73 Å². The van der Waals surface area contributed by atoms with Crippen LogP contribution in [0.1, 0.15) is 16.1 Å². The quantitative estimate of drug-likeness (QED) is 0.789. The minimum atomic E-state index is -0.626. The van der Waals surface area contributed by atoms with Crippen molar-refractivity contribution < 1.29 is 9.18 Å². The van der Waals surface area contributed by atoms with Crippen LogP contribution in [0.4, 0.5) is 4.39 Å². The standard InChI is InChI=1S/C17H13FN2O2/c1-10-15(16(19)21)13-7-2-3-8-14(13)17(22)20(10)12-6-4-5-11(18)9-12/h2-9H,1H3,(H2,19,21). The van der Waals surface area contributed by atoms with E-state index < -0.39 is 11.7 Å². The summed E-state index contributed by atoms with van der Waals surface area (Å²) in [6.45, 7) is 1.62. The third kappa shape index (κ3) is 2.07. The van der Waals surface area contributed by atoms with Crippen molar-refractivity contribution in [3.05, 3.63) is 76.0 Å². The minimum Gasteiger partial charge on any atom is -0.366 e. The first-order valence-electron chi connectivity index (χ1n) is 6.71. The first kappa shape index (κ1) is 14.0. The average Bonchev–Trinajstić information content (AvgIpc) is 2.47. The molecule has 0 radical (unpaired) electrons. The first-order valence-corrected chi connectivity index (χ1v) is 6.71. The topological polar surface area (TPSA) is 65.1 Å². The highest BCUT2D eigenvalue weighted by Gasteiger charge is 2.18. The maximum atomic E-state index is 13.5. The second-order valence-electron chi connectivity index (χ2n) is 4.99. The molecule has 3 aromatic rings. The Morgan fingerprint density at radius 1 is 1.09 bits per heavy atom. The summed E-state index contributed by atoms with van der Waals surface area (Å²) in [6.07, 6.45) is 0. The number of benzene rings is 2. The Labute approximate surface area is 125 Å². The maximum Gasteiger partial charge on any atom is 0.263 e. The van der Waals surface area contributed by atoms with Gasteiger partial charge in [0.15, 0.2) is 0 Å². The number of pyridine rings is 1. The van der Waals surface area contributed by atoms with E-state index in [1.54, 1.807) is 37.3 Å². The Kier molecular flexibility index (Phi) is 3.25. The van der Waals surface area contributed by atoms with Gasteiger partial charge in [0, 0.05) is 16.5 Å². The number of carbonyl (C=O) groups excluding carboxylic acids is 1. The Hall–Kier alpha value is -2.95. The summed E-state index contributed by atoms with van der Waals surface area (Å²) in [5, 5.41) is 0.872. The highest BCUT2D eigenvalue weighted by molar-refractivity contribution is 6.07. The molecule has 1 aromatic heterocycles. The van der Waals surface area contributed by atoms with Gasteiger partial charge in [-0.3, -0.25) is 14.2 Å². The highest BCUT2D eigenvalue weighted by atomic mass is 19.1. The van der Waals surface area contributed by atoms with E-state index in [4.69, 9.17) is 5.73 Å². The molecule has 0 bridgehead atoms. The fourth-order valence-electron chi connectivity index (χ4n) is 2.70. The van der Waals surface area contributed by atoms with Crippen molar-refractivity contribution in [1.82, 2.24) is 4.57 Å². The molecule has 22 heavy (non-hydrogen) atoms. The van der Waals surface area contributed by atoms with E-state index in [-0.39, 0.29) is 11.1 Å². The Bertz CT molecular complexity index is 961. The lowest BCUT2D eigenvalue weighted by atomic mass is 10.0. The molecule has 4 nitrogen and oxygen atoms in total. The Morgan fingerprint density at radius 3 is 2.41 bits per heavy atom. The molecule has 0 aliphatic rings. The fraction of sp³-hybridized carbons (Fsp3) is 0.0588. The molecule has 2 N–H and O–H groups in total. The predicted molar refractivity (Wildman–Crippen MR) is 82.8 cm³/mol. The molecule has 0 aliphatic heterocycles. The molecular formula is C17H13FN2O2. The van der Waals surface area contributed by atoms with E-state index in [0.29, 0.717) is 22.2 Å². The van der Waals surface area contributed by atoms with Crippen LogP contribution in [0.3, 0.4) is 0 Å². The van der Waals surface area contributed by atoms with Gasteiger partial charge in [-0.2, -0.15) is 0 Å². The molecule has 0 atom stereocenters. The van der Waals surface area contributed by atoms with Gasteiger partial charge in [-0.05, 0) is 31.2 Å². The van der Waals surface area contributed by atoms with E-state index in [9.17, 15) is 14.0 Å². The van der Waals surface area contributed by atoms with Crippen LogP contribution >= 0.6 is 0 Å². The second-order valence-corrected chi connectivity index (χ2v) is 4.99. The molecule has 0 saturated heterocycles. The Morgan fingerprint density at radius 2 is 1.77 bits per heavy atom. The Balaban J connectivity index is 2.51. The van der Waals surface area contributed by atoms with Crippen LogP contribution < -0.4 is 11.3 Å². The number of rotatable bonds is 2. The van der Waals surface area contributed by atoms with Gasteiger partial charge in [0.05, 0.1) is 11.3 Å². The van der Waals surface area contributed by atoms with E-state index in [2.05, 4.69) is 0 Å². The van der Waals surface area contributed by atoms with Gasteiger partial charge in [0.2, 0.25) is 0 Å². The van der Waals surface area contributed by atoms with Gasteiger partial charge >= 0.3 is 0 Å². The molecule has 110 valence electrons. The molecule has 0 aliphatic carbocycles.